The molecule has 1 amide bonds. The SMILES string of the molecule is O=C(NCCCN1CCOCC1)c1ccc(COc2ccc3c(c2)CCC3)o1. The summed E-state index contributed by atoms with van der Waals surface area (Å²) in [5, 5.41) is 2.92. The van der Waals surface area contributed by atoms with Gasteiger partial charge in [-0.25, -0.2) is 0 Å². The second-order valence-corrected chi connectivity index (χ2v) is 7.40. The van der Waals surface area contributed by atoms with Crippen LogP contribution in [0.2, 0.25) is 0 Å². The fourth-order valence-corrected chi connectivity index (χ4v) is 3.79. The molecule has 1 N–H and O–H groups in total. The highest BCUT2D eigenvalue weighted by molar-refractivity contribution is 5.91. The maximum Gasteiger partial charge on any atom is 0.286 e. The van der Waals surface area contributed by atoms with Gasteiger partial charge in [0, 0.05) is 19.6 Å². The monoisotopic (exact) mass is 384 g/mol. The van der Waals surface area contributed by atoms with Crippen molar-refractivity contribution in [2.75, 3.05) is 39.4 Å². The standard InChI is InChI=1S/C22H28N2O4/c25-22(23-9-2-10-24-11-13-26-14-12-24)21-8-7-20(28-21)16-27-19-6-5-17-3-1-4-18(17)15-19/h5-8,15H,1-4,9-14,16H2,(H,23,25). The summed E-state index contributed by atoms with van der Waals surface area (Å²) in [5.41, 5.74) is 2.81. The van der Waals surface area contributed by atoms with Crippen molar-refractivity contribution >= 4 is 5.91 Å². The number of fused-ring (bicyclic) bond motifs is 1. The number of carbonyl (C=O) groups is 1. The third-order valence-electron chi connectivity index (χ3n) is 5.38. The molecule has 0 unspecified atom stereocenters. The number of furan rings is 1. The van der Waals surface area contributed by atoms with Gasteiger partial charge in [0.1, 0.15) is 18.1 Å². The van der Waals surface area contributed by atoms with Gasteiger partial charge in [-0.15, -0.1) is 0 Å². The Labute approximate surface area is 165 Å². The summed E-state index contributed by atoms with van der Waals surface area (Å²) in [6, 6.07) is 9.78. The van der Waals surface area contributed by atoms with Crippen LogP contribution in [0.3, 0.4) is 0 Å². The van der Waals surface area contributed by atoms with Gasteiger partial charge in [0.25, 0.3) is 5.91 Å². The van der Waals surface area contributed by atoms with Crippen molar-refractivity contribution in [3.05, 3.63) is 53.0 Å². The van der Waals surface area contributed by atoms with Gasteiger partial charge >= 0.3 is 0 Å². The van der Waals surface area contributed by atoms with Gasteiger partial charge in [0.05, 0.1) is 13.2 Å². The molecule has 1 aliphatic carbocycles. The van der Waals surface area contributed by atoms with E-state index in [0.717, 1.165) is 51.4 Å². The van der Waals surface area contributed by atoms with Gasteiger partial charge in [0.15, 0.2) is 5.76 Å². The van der Waals surface area contributed by atoms with E-state index in [-0.39, 0.29) is 5.91 Å². The number of carbonyl (C=O) groups excluding carboxylic acids is 1. The Morgan fingerprint density at radius 1 is 1.11 bits per heavy atom. The van der Waals surface area contributed by atoms with E-state index in [4.69, 9.17) is 13.9 Å². The number of morpholine rings is 1. The lowest BCUT2D eigenvalue weighted by molar-refractivity contribution is 0.0374. The Morgan fingerprint density at radius 3 is 2.86 bits per heavy atom. The number of nitrogens with zero attached hydrogens (tertiary/aromatic N) is 1. The second kappa shape index (κ2) is 9.26. The Morgan fingerprint density at radius 2 is 1.96 bits per heavy atom. The minimum Gasteiger partial charge on any atom is -0.486 e. The number of ether oxygens (including phenoxy) is 2. The molecule has 4 rings (SSSR count). The summed E-state index contributed by atoms with van der Waals surface area (Å²) in [6.07, 6.45) is 4.44. The Balaban J connectivity index is 1.19. The molecule has 6 nitrogen and oxygen atoms in total. The molecule has 0 bridgehead atoms. The first-order valence-corrected chi connectivity index (χ1v) is 10.2. The molecule has 1 aliphatic heterocycles. The van der Waals surface area contributed by atoms with Crippen molar-refractivity contribution in [3.63, 3.8) is 0 Å². The number of nitrogens with one attached hydrogen (secondary N) is 1. The fraction of sp³-hybridized carbons (Fsp3) is 0.500. The van der Waals surface area contributed by atoms with Crippen molar-refractivity contribution in [3.8, 4) is 5.75 Å². The van der Waals surface area contributed by atoms with E-state index in [1.54, 1.807) is 12.1 Å². The van der Waals surface area contributed by atoms with Gasteiger partial charge in [-0.1, -0.05) is 6.07 Å². The predicted octanol–water partition coefficient (Wildman–Crippen LogP) is 2.80. The first kappa shape index (κ1) is 19.0. The van der Waals surface area contributed by atoms with Gasteiger partial charge in [-0.05, 0) is 67.6 Å². The van der Waals surface area contributed by atoms with Crippen LogP contribution in [0.25, 0.3) is 0 Å². The molecule has 1 aromatic carbocycles. The maximum absolute atomic E-state index is 12.2. The molecule has 0 spiro atoms. The van der Waals surface area contributed by atoms with Crippen LogP contribution in [-0.4, -0.2) is 50.2 Å². The molecular weight excluding hydrogens is 356 g/mol. The Hall–Kier alpha value is -2.31. The van der Waals surface area contributed by atoms with Crippen LogP contribution < -0.4 is 10.1 Å². The van der Waals surface area contributed by atoms with Crippen LogP contribution in [0.1, 0.15) is 40.3 Å². The molecule has 150 valence electrons. The van der Waals surface area contributed by atoms with Crippen molar-refractivity contribution in [2.24, 2.45) is 0 Å². The molecule has 0 atom stereocenters. The first-order valence-electron chi connectivity index (χ1n) is 10.2. The van der Waals surface area contributed by atoms with E-state index in [0.29, 0.717) is 24.7 Å². The Bertz CT molecular complexity index is 796. The highest BCUT2D eigenvalue weighted by atomic mass is 16.5. The molecule has 2 aromatic rings. The first-order chi connectivity index (χ1) is 13.8. The van der Waals surface area contributed by atoms with Crippen LogP contribution in [0.5, 0.6) is 5.75 Å². The van der Waals surface area contributed by atoms with E-state index in [9.17, 15) is 4.79 Å². The molecular formula is C22H28N2O4. The summed E-state index contributed by atoms with van der Waals surface area (Å²) >= 11 is 0. The van der Waals surface area contributed by atoms with Crippen LogP contribution >= 0.6 is 0 Å². The normalized spacial score (nSPS) is 16.7. The van der Waals surface area contributed by atoms with E-state index in [1.807, 2.05) is 6.07 Å². The van der Waals surface area contributed by atoms with Crippen molar-refractivity contribution < 1.29 is 18.7 Å². The van der Waals surface area contributed by atoms with Crippen molar-refractivity contribution in [2.45, 2.75) is 32.3 Å². The van der Waals surface area contributed by atoms with Crippen LogP contribution in [0.4, 0.5) is 0 Å². The van der Waals surface area contributed by atoms with E-state index < -0.39 is 0 Å². The van der Waals surface area contributed by atoms with Crippen LogP contribution in [-0.2, 0) is 24.2 Å². The summed E-state index contributed by atoms with van der Waals surface area (Å²) in [7, 11) is 0. The lowest BCUT2D eigenvalue weighted by Crippen LogP contribution is -2.38. The smallest absolute Gasteiger partial charge is 0.286 e. The largest absolute Gasteiger partial charge is 0.486 e. The molecule has 1 fully saturated rings. The summed E-state index contributed by atoms with van der Waals surface area (Å²) < 4.78 is 16.8. The molecule has 2 heterocycles. The number of hydrogen-bond donors (Lipinski definition) is 1. The third kappa shape index (κ3) is 4.94. The zero-order chi connectivity index (χ0) is 19.2. The van der Waals surface area contributed by atoms with Crippen LogP contribution in [0.15, 0.2) is 34.7 Å². The molecule has 2 aliphatic rings. The molecule has 1 saturated heterocycles. The van der Waals surface area contributed by atoms with Gasteiger partial charge in [-0.3, -0.25) is 9.69 Å². The average Bonchev–Trinajstić information content (AvgIpc) is 3.39. The average molecular weight is 384 g/mol. The number of hydrogen-bond acceptors (Lipinski definition) is 5. The minimum atomic E-state index is -0.175. The minimum absolute atomic E-state index is 0.175. The van der Waals surface area contributed by atoms with E-state index in [1.165, 1.54) is 24.0 Å². The maximum atomic E-state index is 12.2. The van der Waals surface area contributed by atoms with Gasteiger partial charge in [0.2, 0.25) is 0 Å². The lowest BCUT2D eigenvalue weighted by atomic mass is 10.1. The fourth-order valence-electron chi connectivity index (χ4n) is 3.79. The second-order valence-electron chi connectivity index (χ2n) is 7.40. The number of benzene rings is 1. The molecule has 6 heteroatoms. The number of rotatable bonds is 8. The number of aryl methyl sites for hydroxylation is 2. The van der Waals surface area contributed by atoms with Gasteiger partial charge < -0.3 is 19.2 Å². The third-order valence-corrected chi connectivity index (χ3v) is 5.38. The lowest BCUT2D eigenvalue weighted by Gasteiger charge is -2.26. The molecule has 0 saturated carbocycles. The molecule has 28 heavy (non-hydrogen) atoms. The Kier molecular flexibility index (Phi) is 6.29. The topological polar surface area (TPSA) is 63.9 Å². The molecule has 0 radical (unpaired) electrons. The zero-order valence-electron chi connectivity index (χ0n) is 16.2. The zero-order valence-corrected chi connectivity index (χ0v) is 16.2. The van der Waals surface area contributed by atoms with E-state index in [2.05, 4.69) is 22.3 Å². The van der Waals surface area contributed by atoms with Crippen molar-refractivity contribution in [1.29, 1.82) is 0 Å². The summed E-state index contributed by atoms with van der Waals surface area (Å²) in [5.74, 6) is 1.66. The highest BCUT2D eigenvalue weighted by Crippen LogP contribution is 2.26. The molecule has 1 aromatic heterocycles. The van der Waals surface area contributed by atoms with E-state index >= 15 is 0 Å². The predicted molar refractivity (Wildman–Crippen MR) is 106 cm³/mol. The quantitative estimate of drug-likeness (QED) is 0.709. The number of amides is 1. The van der Waals surface area contributed by atoms with Crippen molar-refractivity contribution in [1.82, 2.24) is 10.2 Å². The summed E-state index contributed by atoms with van der Waals surface area (Å²) in [6.45, 7) is 5.48. The highest BCUT2D eigenvalue weighted by Gasteiger charge is 2.14. The summed E-state index contributed by atoms with van der Waals surface area (Å²) in [4.78, 5) is 14.6. The van der Waals surface area contributed by atoms with Gasteiger partial charge in [-0.2, -0.15) is 0 Å². The van der Waals surface area contributed by atoms with Crippen LogP contribution in [0, 0.1) is 0 Å².